The summed E-state index contributed by atoms with van der Waals surface area (Å²) in [5, 5.41) is 1.39. The van der Waals surface area contributed by atoms with E-state index in [4.69, 9.17) is 12.2 Å². The molecule has 0 bridgehead atoms. The molecule has 2 heterocycles. The number of carbonyl (C=O) groups excluding carboxylic acids is 2. The Balaban J connectivity index is 1.77. The normalized spacial score (nSPS) is 15.1. The van der Waals surface area contributed by atoms with Crippen molar-refractivity contribution in [2.75, 3.05) is 25.0 Å². The summed E-state index contributed by atoms with van der Waals surface area (Å²) in [7, 11) is 1.81. The Labute approximate surface area is 219 Å². The molecule has 1 aliphatic rings. The van der Waals surface area contributed by atoms with E-state index in [0.29, 0.717) is 23.9 Å². The molecule has 0 spiro atoms. The van der Waals surface area contributed by atoms with Crippen molar-refractivity contribution in [1.82, 2.24) is 14.4 Å². The SMILES string of the molecule is CCN(CC)C(=O)Cn1cc(/C=C2/C(=O)N(c3ccc(C)c(C)c3)C(=S)N2C)c2cc(Br)ccc21. The lowest BCUT2D eigenvalue weighted by atomic mass is 10.1. The van der Waals surface area contributed by atoms with Crippen LogP contribution in [0.15, 0.2) is 52.8 Å². The van der Waals surface area contributed by atoms with E-state index < -0.39 is 0 Å². The Morgan fingerprint density at radius 3 is 2.46 bits per heavy atom. The van der Waals surface area contributed by atoms with E-state index in [1.165, 1.54) is 0 Å². The van der Waals surface area contributed by atoms with Crippen LogP contribution in [0.5, 0.6) is 0 Å². The molecule has 1 fully saturated rings. The van der Waals surface area contributed by atoms with Crippen LogP contribution in [0.1, 0.15) is 30.5 Å². The molecule has 8 heteroatoms. The van der Waals surface area contributed by atoms with Crippen molar-refractivity contribution in [3.63, 3.8) is 0 Å². The predicted octanol–water partition coefficient (Wildman–Crippen LogP) is 5.49. The van der Waals surface area contributed by atoms with E-state index in [9.17, 15) is 9.59 Å². The smallest absolute Gasteiger partial charge is 0.281 e. The number of carbonyl (C=O) groups is 2. The van der Waals surface area contributed by atoms with Crippen molar-refractivity contribution in [2.45, 2.75) is 34.2 Å². The number of aromatic nitrogens is 1. The number of aryl methyl sites for hydroxylation is 2. The molecule has 2 aromatic carbocycles. The van der Waals surface area contributed by atoms with Crippen LogP contribution in [0, 0.1) is 13.8 Å². The van der Waals surface area contributed by atoms with Crippen LogP contribution in [-0.4, -0.2) is 51.4 Å². The first-order chi connectivity index (χ1) is 16.7. The highest BCUT2D eigenvalue weighted by molar-refractivity contribution is 9.10. The highest BCUT2D eigenvalue weighted by Crippen LogP contribution is 2.32. The van der Waals surface area contributed by atoms with Crippen LogP contribution >= 0.6 is 28.1 Å². The average molecular weight is 554 g/mol. The van der Waals surface area contributed by atoms with Crippen molar-refractivity contribution in [3.05, 3.63) is 69.5 Å². The summed E-state index contributed by atoms with van der Waals surface area (Å²) in [6.45, 7) is 9.60. The molecule has 0 aliphatic carbocycles. The maximum atomic E-state index is 13.5. The lowest BCUT2D eigenvalue weighted by molar-refractivity contribution is -0.131. The molecule has 182 valence electrons. The molecule has 3 aromatic rings. The quantitative estimate of drug-likeness (QED) is 0.299. The average Bonchev–Trinajstić information content (AvgIpc) is 3.25. The van der Waals surface area contributed by atoms with E-state index in [0.717, 1.165) is 37.8 Å². The van der Waals surface area contributed by atoms with E-state index in [1.807, 2.05) is 92.9 Å². The maximum Gasteiger partial charge on any atom is 0.281 e. The lowest BCUT2D eigenvalue weighted by Gasteiger charge is -2.19. The molecule has 0 N–H and O–H groups in total. The van der Waals surface area contributed by atoms with Gasteiger partial charge in [-0.25, -0.2) is 0 Å². The molecule has 35 heavy (non-hydrogen) atoms. The lowest BCUT2D eigenvalue weighted by Crippen LogP contribution is -2.33. The van der Waals surface area contributed by atoms with Crippen LogP contribution in [0.3, 0.4) is 0 Å². The Morgan fingerprint density at radius 2 is 1.80 bits per heavy atom. The number of nitrogens with zero attached hydrogens (tertiary/aromatic N) is 4. The third kappa shape index (κ3) is 4.65. The highest BCUT2D eigenvalue weighted by atomic mass is 79.9. The first-order valence-corrected chi connectivity index (χ1v) is 12.8. The van der Waals surface area contributed by atoms with Crippen LogP contribution in [-0.2, 0) is 16.1 Å². The Kier molecular flexibility index (Phi) is 7.15. The van der Waals surface area contributed by atoms with Crippen LogP contribution in [0.25, 0.3) is 17.0 Å². The van der Waals surface area contributed by atoms with Gasteiger partial charge >= 0.3 is 0 Å². The minimum atomic E-state index is -0.170. The fourth-order valence-electron chi connectivity index (χ4n) is 4.36. The monoisotopic (exact) mass is 552 g/mol. The van der Waals surface area contributed by atoms with Crippen molar-refractivity contribution in [3.8, 4) is 0 Å². The maximum absolute atomic E-state index is 13.5. The van der Waals surface area contributed by atoms with Crippen molar-refractivity contribution < 1.29 is 9.59 Å². The number of anilines is 1. The third-order valence-corrected chi connectivity index (χ3v) is 7.55. The number of likely N-dealkylation sites (N-methyl/N-ethyl adjacent to an activating group) is 2. The number of hydrogen-bond acceptors (Lipinski definition) is 3. The molecule has 1 aromatic heterocycles. The van der Waals surface area contributed by atoms with Gasteiger partial charge < -0.3 is 14.4 Å². The van der Waals surface area contributed by atoms with Gasteiger partial charge in [0.1, 0.15) is 12.2 Å². The van der Waals surface area contributed by atoms with Crippen LogP contribution in [0.2, 0.25) is 0 Å². The van der Waals surface area contributed by atoms with Crippen LogP contribution in [0.4, 0.5) is 5.69 Å². The summed E-state index contributed by atoms with van der Waals surface area (Å²) in [5.74, 6) is -0.110. The number of rotatable bonds is 6. The molecule has 1 aliphatic heterocycles. The zero-order valence-corrected chi connectivity index (χ0v) is 23.0. The molecule has 1 saturated heterocycles. The minimum Gasteiger partial charge on any atom is -0.342 e. The van der Waals surface area contributed by atoms with Crippen molar-refractivity contribution in [1.29, 1.82) is 0 Å². The predicted molar refractivity (Wildman–Crippen MR) is 149 cm³/mol. The van der Waals surface area contributed by atoms with E-state index in [2.05, 4.69) is 15.9 Å². The summed E-state index contributed by atoms with van der Waals surface area (Å²) in [6.07, 6.45) is 3.80. The zero-order chi connectivity index (χ0) is 25.4. The van der Waals surface area contributed by atoms with Gasteiger partial charge in [-0.2, -0.15) is 0 Å². The molecular formula is C27H29BrN4O2S. The van der Waals surface area contributed by atoms with E-state index >= 15 is 0 Å². The van der Waals surface area contributed by atoms with Gasteiger partial charge in [0.05, 0.1) is 5.69 Å². The third-order valence-electron chi connectivity index (χ3n) is 6.60. The standard InChI is InChI=1S/C27H29BrN4O2S/c1-6-30(7-2)25(33)16-31-15-19(22-14-20(28)9-11-23(22)31)13-24-26(34)32(27(35)29(24)5)21-10-8-17(3)18(4)12-21/h8-15H,6-7,16H2,1-5H3/b24-13-. The van der Waals surface area contributed by atoms with Gasteiger partial charge in [-0.15, -0.1) is 0 Å². The van der Waals surface area contributed by atoms with Gasteiger partial charge in [-0.05, 0) is 87.4 Å². The summed E-state index contributed by atoms with van der Waals surface area (Å²) < 4.78 is 2.88. The molecule has 2 amide bonds. The second-order valence-electron chi connectivity index (χ2n) is 8.72. The van der Waals surface area contributed by atoms with Crippen molar-refractivity contribution in [2.24, 2.45) is 0 Å². The number of benzene rings is 2. The number of fused-ring (bicyclic) bond motifs is 1. The summed E-state index contributed by atoms with van der Waals surface area (Å²) in [6, 6.07) is 11.9. The number of amides is 2. The topological polar surface area (TPSA) is 48.8 Å². The van der Waals surface area contributed by atoms with Gasteiger partial charge in [-0.3, -0.25) is 14.5 Å². The van der Waals surface area contributed by atoms with Gasteiger partial charge in [0.25, 0.3) is 5.91 Å². The Bertz CT molecular complexity index is 1370. The first-order valence-electron chi connectivity index (χ1n) is 11.6. The second-order valence-corrected chi connectivity index (χ2v) is 10.0. The molecule has 0 unspecified atom stereocenters. The minimum absolute atomic E-state index is 0.0603. The molecule has 0 saturated carbocycles. The van der Waals surface area contributed by atoms with Gasteiger partial charge in [0, 0.05) is 47.3 Å². The first kappa shape index (κ1) is 25.1. The summed E-state index contributed by atoms with van der Waals surface area (Å²) >= 11 is 9.21. The highest BCUT2D eigenvalue weighted by Gasteiger charge is 2.37. The summed E-state index contributed by atoms with van der Waals surface area (Å²) in [5.41, 5.74) is 5.29. The Morgan fingerprint density at radius 1 is 1.09 bits per heavy atom. The van der Waals surface area contributed by atoms with E-state index in [1.54, 1.807) is 9.80 Å². The van der Waals surface area contributed by atoms with Gasteiger partial charge in [-0.1, -0.05) is 22.0 Å². The van der Waals surface area contributed by atoms with Gasteiger partial charge in [0.15, 0.2) is 5.11 Å². The molecule has 0 radical (unpaired) electrons. The fraction of sp³-hybridized carbons (Fsp3) is 0.296. The fourth-order valence-corrected chi connectivity index (χ4v) is 5.01. The van der Waals surface area contributed by atoms with Gasteiger partial charge in [0.2, 0.25) is 5.91 Å². The molecule has 6 nitrogen and oxygen atoms in total. The molecular weight excluding hydrogens is 524 g/mol. The van der Waals surface area contributed by atoms with Crippen LogP contribution < -0.4 is 4.90 Å². The van der Waals surface area contributed by atoms with E-state index in [-0.39, 0.29) is 18.4 Å². The largest absolute Gasteiger partial charge is 0.342 e. The molecule has 0 atom stereocenters. The number of thiocarbonyl (C=S) groups is 1. The number of halogens is 1. The van der Waals surface area contributed by atoms with Crippen molar-refractivity contribution >= 4 is 67.7 Å². The summed E-state index contributed by atoms with van der Waals surface area (Å²) in [4.78, 5) is 31.5. The Hall–Kier alpha value is -2.97. The molecule has 4 rings (SSSR count). The number of hydrogen-bond donors (Lipinski definition) is 0. The zero-order valence-electron chi connectivity index (χ0n) is 20.6. The second kappa shape index (κ2) is 9.95.